The number of carbonyl (C=O) groups excluding carboxylic acids is 2. The number of methoxy groups -OCH3 is 2. The van der Waals surface area contributed by atoms with Gasteiger partial charge in [-0.3, -0.25) is 4.84 Å². The van der Waals surface area contributed by atoms with Gasteiger partial charge in [0.15, 0.2) is 0 Å². The van der Waals surface area contributed by atoms with E-state index in [2.05, 4.69) is 34.8 Å². The highest BCUT2D eigenvalue weighted by Gasteiger charge is 2.15. The van der Waals surface area contributed by atoms with Gasteiger partial charge in [0.2, 0.25) is 0 Å². The molecule has 0 aromatic rings. The zero-order chi connectivity index (χ0) is 12.0. The van der Waals surface area contributed by atoms with E-state index in [0.29, 0.717) is 5.28 Å². The molecule has 0 atom stereocenters. The number of nitrogens with zero attached hydrogens (tertiary/aromatic N) is 3. The molecule has 0 aromatic carbocycles. The van der Waals surface area contributed by atoms with Crippen molar-refractivity contribution in [3.8, 4) is 0 Å². The number of ether oxygens (including phenoxy) is 3. The molecular formula is C6H8N4O6. The van der Waals surface area contributed by atoms with Gasteiger partial charge in [0.25, 0.3) is 5.90 Å². The van der Waals surface area contributed by atoms with Crippen LogP contribution in [0.3, 0.4) is 0 Å². The third-order valence-corrected chi connectivity index (χ3v) is 1.20. The fourth-order valence-electron chi connectivity index (χ4n) is 0.577. The highest BCUT2D eigenvalue weighted by Crippen LogP contribution is 1.96. The van der Waals surface area contributed by atoms with Crippen LogP contribution >= 0.6 is 0 Å². The number of rotatable bonds is 1. The van der Waals surface area contributed by atoms with Gasteiger partial charge in [0.1, 0.15) is 6.21 Å². The van der Waals surface area contributed by atoms with E-state index in [1.165, 1.54) is 0 Å². The lowest BCUT2D eigenvalue weighted by atomic mass is 10.7. The van der Waals surface area contributed by atoms with Crippen LogP contribution in [0, 0.1) is 0 Å². The van der Waals surface area contributed by atoms with Gasteiger partial charge in [-0.1, -0.05) is 0 Å². The molecule has 0 fully saturated rings. The van der Waals surface area contributed by atoms with Crippen LogP contribution in [0.2, 0.25) is 0 Å². The molecule has 1 heterocycles. The monoisotopic (exact) mass is 232 g/mol. The molecule has 1 aliphatic heterocycles. The molecule has 0 bridgehead atoms. The standard InChI is InChI=1S/C6H8N4O6/c1-13-5(11)15-4-3-7-10(9-8-4)16-6(12)14-2/h3,9H,1-2H3. The van der Waals surface area contributed by atoms with Gasteiger partial charge in [-0.25, -0.2) is 9.59 Å². The third kappa shape index (κ3) is 3.32. The molecular weight excluding hydrogens is 224 g/mol. The topological polar surface area (TPSA) is 111 Å². The predicted octanol–water partition coefficient (Wildman–Crippen LogP) is -0.413. The molecule has 0 amide bonds. The lowest BCUT2D eigenvalue weighted by Crippen LogP contribution is -2.37. The summed E-state index contributed by atoms with van der Waals surface area (Å²) in [4.78, 5) is 25.7. The highest BCUT2D eigenvalue weighted by molar-refractivity contribution is 6.28. The van der Waals surface area contributed by atoms with Crippen molar-refractivity contribution in [2.24, 2.45) is 10.2 Å². The molecule has 0 radical (unpaired) electrons. The Hall–Kier alpha value is -2.52. The minimum absolute atomic E-state index is 0.156. The van der Waals surface area contributed by atoms with Gasteiger partial charge < -0.3 is 14.2 Å². The molecule has 0 aliphatic carbocycles. The average Bonchev–Trinajstić information content (AvgIpc) is 2.31. The van der Waals surface area contributed by atoms with Gasteiger partial charge in [-0.15, -0.1) is 10.2 Å². The van der Waals surface area contributed by atoms with Crippen molar-refractivity contribution >= 4 is 24.4 Å². The minimum atomic E-state index is -0.989. The summed E-state index contributed by atoms with van der Waals surface area (Å²) in [5.74, 6) is -0.156. The molecule has 1 N–H and O–H groups in total. The molecule has 0 spiro atoms. The fraction of sp³-hybridized carbons (Fsp3) is 0.333. The predicted molar refractivity (Wildman–Crippen MR) is 47.9 cm³/mol. The van der Waals surface area contributed by atoms with Crippen LogP contribution in [-0.2, 0) is 19.0 Å². The maximum absolute atomic E-state index is 10.7. The van der Waals surface area contributed by atoms with E-state index in [-0.39, 0.29) is 5.90 Å². The number of carbonyl (C=O) groups is 2. The Morgan fingerprint density at radius 3 is 2.50 bits per heavy atom. The Labute approximate surface area is 89.3 Å². The first kappa shape index (κ1) is 11.6. The van der Waals surface area contributed by atoms with Crippen molar-refractivity contribution in [1.82, 2.24) is 10.8 Å². The molecule has 1 aliphatic rings. The van der Waals surface area contributed by atoms with Crippen molar-refractivity contribution in [2.45, 2.75) is 0 Å². The molecule has 10 heteroatoms. The summed E-state index contributed by atoms with van der Waals surface area (Å²) in [6, 6.07) is 0. The zero-order valence-electron chi connectivity index (χ0n) is 8.37. The summed E-state index contributed by atoms with van der Waals surface area (Å²) in [5.41, 5.74) is 2.13. The van der Waals surface area contributed by atoms with Crippen LogP contribution in [-0.4, -0.2) is 43.9 Å². The summed E-state index contributed by atoms with van der Waals surface area (Å²) < 4.78 is 12.9. The van der Waals surface area contributed by atoms with Crippen LogP contribution in [0.25, 0.3) is 0 Å². The third-order valence-electron chi connectivity index (χ3n) is 1.20. The largest absolute Gasteiger partial charge is 0.536 e. The summed E-state index contributed by atoms with van der Waals surface area (Å²) in [6.07, 6.45) is -0.914. The number of hydrogen-bond acceptors (Lipinski definition) is 10. The second-order valence-corrected chi connectivity index (χ2v) is 2.17. The molecule has 1 rings (SSSR count). The van der Waals surface area contributed by atoms with Gasteiger partial charge >= 0.3 is 12.3 Å². The van der Waals surface area contributed by atoms with E-state index in [0.717, 1.165) is 20.4 Å². The van der Waals surface area contributed by atoms with Crippen molar-refractivity contribution < 1.29 is 28.6 Å². The van der Waals surface area contributed by atoms with Crippen LogP contribution in [0.5, 0.6) is 0 Å². The SMILES string of the molecule is COC(=O)OC1=NNN(OC(=O)OC)N=C1. The van der Waals surface area contributed by atoms with E-state index in [9.17, 15) is 9.59 Å². The number of hydrazine groups is 1. The summed E-state index contributed by atoms with van der Waals surface area (Å²) in [5, 5.41) is 7.58. The van der Waals surface area contributed by atoms with Gasteiger partial charge in [0, 0.05) is 5.28 Å². The number of hydrogen-bond donors (Lipinski definition) is 1. The van der Waals surface area contributed by atoms with Crippen LogP contribution < -0.4 is 5.53 Å². The van der Waals surface area contributed by atoms with Gasteiger partial charge in [-0.2, -0.15) is 5.53 Å². The maximum atomic E-state index is 10.7. The van der Waals surface area contributed by atoms with E-state index in [4.69, 9.17) is 0 Å². The molecule has 88 valence electrons. The van der Waals surface area contributed by atoms with Crippen LogP contribution in [0.4, 0.5) is 9.59 Å². The van der Waals surface area contributed by atoms with Crippen molar-refractivity contribution in [1.29, 1.82) is 0 Å². The first-order valence-corrected chi connectivity index (χ1v) is 3.85. The second kappa shape index (κ2) is 5.38. The smallest absolute Gasteiger partial charge is 0.437 e. The summed E-state index contributed by atoms with van der Waals surface area (Å²) in [6.45, 7) is 0. The summed E-state index contributed by atoms with van der Waals surface area (Å²) >= 11 is 0. The Kier molecular flexibility index (Phi) is 3.89. The molecule has 10 nitrogen and oxygen atoms in total. The normalized spacial score (nSPS) is 13.4. The molecule has 0 saturated carbocycles. The lowest BCUT2D eigenvalue weighted by Gasteiger charge is -2.17. The first-order chi connectivity index (χ1) is 7.65. The average molecular weight is 232 g/mol. The van der Waals surface area contributed by atoms with E-state index in [1.807, 2.05) is 0 Å². The number of nitrogens with one attached hydrogen (secondary N) is 1. The molecule has 0 saturated heterocycles. The quantitative estimate of drug-likeness (QED) is 0.607. The zero-order valence-corrected chi connectivity index (χ0v) is 8.37. The minimum Gasteiger partial charge on any atom is -0.437 e. The fourth-order valence-corrected chi connectivity index (χ4v) is 0.577. The molecule has 0 unspecified atom stereocenters. The molecule has 16 heavy (non-hydrogen) atoms. The van der Waals surface area contributed by atoms with Crippen molar-refractivity contribution in [3.63, 3.8) is 0 Å². The summed E-state index contributed by atoms with van der Waals surface area (Å²) in [7, 11) is 2.27. The van der Waals surface area contributed by atoms with Gasteiger partial charge in [-0.05, 0) is 0 Å². The van der Waals surface area contributed by atoms with Crippen LogP contribution in [0.15, 0.2) is 10.2 Å². The first-order valence-electron chi connectivity index (χ1n) is 3.85. The van der Waals surface area contributed by atoms with Crippen LogP contribution in [0.1, 0.15) is 0 Å². The van der Waals surface area contributed by atoms with E-state index >= 15 is 0 Å². The van der Waals surface area contributed by atoms with E-state index < -0.39 is 12.3 Å². The second-order valence-electron chi connectivity index (χ2n) is 2.17. The Bertz CT molecular complexity index is 340. The highest BCUT2D eigenvalue weighted by atomic mass is 16.9. The van der Waals surface area contributed by atoms with Gasteiger partial charge in [0.05, 0.1) is 14.2 Å². The van der Waals surface area contributed by atoms with Crippen molar-refractivity contribution in [3.05, 3.63) is 0 Å². The Morgan fingerprint density at radius 2 is 2.00 bits per heavy atom. The van der Waals surface area contributed by atoms with Crippen molar-refractivity contribution in [2.75, 3.05) is 14.2 Å². The Balaban J connectivity index is 2.41. The van der Waals surface area contributed by atoms with E-state index in [1.54, 1.807) is 0 Å². The number of hydrazone groups is 2. The molecule has 0 aromatic heterocycles. The lowest BCUT2D eigenvalue weighted by molar-refractivity contribution is -0.160. The Morgan fingerprint density at radius 1 is 1.31 bits per heavy atom. The maximum Gasteiger partial charge on any atom is 0.536 e.